The highest BCUT2D eigenvalue weighted by Gasteiger charge is 2.33. The Morgan fingerprint density at radius 2 is 2.00 bits per heavy atom. The molecule has 1 aromatic rings. The first-order valence-electron chi connectivity index (χ1n) is 8.94. The summed E-state index contributed by atoms with van der Waals surface area (Å²) in [6.45, 7) is 7.70. The highest BCUT2D eigenvalue weighted by molar-refractivity contribution is 5.93. The Balaban J connectivity index is 1.91. The molecule has 0 unspecified atom stereocenters. The van der Waals surface area contributed by atoms with E-state index in [9.17, 15) is 14.7 Å². The van der Waals surface area contributed by atoms with Gasteiger partial charge in [-0.25, -0.2) is 9.59 Å². The molecule has 0 saturated heterocycles. The quantitative estimate of drug-likeness (QED) is 0.818. The molecule has 5 heteroatoms. The SMILES string of the molecule is Cc1cccc(C(=O)OCC(=O)O[C@@H]2C[C@H](C)CC[C@@H]2C(C)C)c1O. The van der Waals surface area contributed by atoms with Crippen molar-refractivity contribution in [3.05, 3.63) is 29.3 Å². The number of phenolic OH excluding ortho intramolecular Hbond substituents is 1. The van der Waals surface area contributed by atoms with E-state index in [1.54, 1.807) is 19.1 Å². The molecule has 0 bridgehead atoms. The lowest BCUT2D eigenvalue weighted by molar-refractivity contribution is -0.159. The summed E-state index contributed by atoms with van der Waals surface area (Å²) in [5.74, 6) is -0.0731. The monoisotopic (exact) mass is 348 g/mol. The molecular formula is C20H28O5. The number of aromatic hydroxyl groups is 1. The number of phenols is 1. The summed E-state index contributed by atoms with van der Waals surface area (Å²) in [5, 5.41) is 9.90. The van der Waals surface area contributed by atoms with Crippen LogP contribution in [0.5, 0.6) is 5.75 Å². The van der Waals surface area contributed by atoms with Gasteiger partial charge < -0.3 is 14.6 Å². The molecule has 1 saturated carbocycles. The number of para-hydroxylation sites is 1. The molecule has 138 valence electrons. The summed E-state index contributed by atoms with van der Waals surface area (Å²) in [6.07, 6.45) is 2.93. The summed E-state index contributed by atoms with van der Waals surface area (Å²) in [5.41, 5.74) is 0.632. The number of esters is 2. The Hall–Kier alpha value is -2.04. The van der Waals surface area contributed by atoms with Gasteiger partial charge in [0.25, 0.3) is 0 Å². The van der Waals surface area contributed by atoms with E-state index in [0.717, 1.165) is 19.3 Å². The fraction of sp³-hybridized carbons (Fsp3) is 0.600. The predicted molar refractivity (Wildman–Crippen MR) is 94.3 cm³/mol. The van der Waals surface area contributed by atoms with Crippen LogP contribution < -0.4 is 0 Å². The zero-order valence-electron chi connectivity index (χ0n) is 15.5. The minimum atomic E-state index is -0.726. The molecular weight excluding hydrogens is 320 g/mol. The Morgan fingerprint density at radius 3 is 2.68 bits per heavy atom. The first-order chi connectivity index (χ1) is 11.8. The first-order valence-corrected chi connectivity index (χ1v) is 8.94. The number of benzene rings is 1. The van der Waals surface area contributed by atoms with Gasteiger partial charge in [0.1, 0.15) is 17.4 Å². The van der Waals surface area contributed by atoms with Crippen molar-refractivity contribution in [1.29, 1.82) is 0 Å². The normalized spacial score (nSPS) is 23.3. The zero-order chi connectivity index (χ0) is 18.6. The molecule has 1 aromatic carbocycles. The molecule has 25 heavy (non-hydrogen) atoms. The van der Waals surface area contributed by atoms with Crippen molar-refractivity contribution < 1.29 is 24.2 Å². The van der Waals surface area contributed by atoms with Crippen molar-refractivity contribution in [1.82, 2.24) is 0 Å². The third-order valence-corrected chi connectivity index (χ3v) is 5.02. The maximum Gasteiger partial charge on any atom is 0.344 e. The van der Waals surface area contributed by atoms with Gasteiger partial charge in [-0.2, -0.15) is 0 Å². The molecule has 0 radical (unpaired) electrons. The van der Waals surface area contributed by atoms with Crippen molar-refractivity contribution in [3.63, 3.8) is 0 Å². The average Bonchev–Trinajstić information content (AvgIpc) is 2.55. The second-order valence-electron chi connectivity index (χ2n) is 7.40. The summed E-state index contributed by atoms with van der Waals surface area (Å²) >= 11 is 0. The van der Waals surface area contributed by atoms with Crippen molar-refractivity contribution in [3.8, 4) is 5.75 Å². The van der Waals surface area contributed by atoms with Crippen LogP contribution in [-0.2, 0) is 14.3 Å². The second kappa shape index (κ2) is 8.37. The Labute approximate surface area is 149 Å². The van der Waals surface area contributed by atoms with E-state index < -0.39 is 18.5 Å². The number of hydrogen-bond donors (Lipinski definition) is 1. The van der Waals surface area contributed by atoms with E-state index in [0.29, 0.717) is 23.3 Å². The Kier molecular flexibility index (Phi) is 6.45. The van der Waals surface area contributed by atoms with E-state index in [1.165, 1.54) is 6.07 Å². The van der Waals surface area contributed by atoms with E-state index in [1.807, 2.05) is 0 Å². The molecule has 0 aliphatic heterocycles. The summed E-state index contributed by atoms with van der Waals surface area (Å²) in [4.78, 5) is 24.2. The van der Waals surface area contributed by atoms with Gasteiger partial charge in [0.05, 0.1) is 0 Å². The van der Waals surface area contributed by atoms with Gasteiger partial charge in [0.2, 0.25) is 0 Å². The molecule has 0 aromatic heterocycles. The van der Waals surface area contributed by atoms with Crippen molar-refractivity contribution >= 4 is 11.9 Å². The van der Waals surface area contributed by atoms with Crippen LogP contribution >= 0.6 is 0 Å². The number of hydrogen-bond acceptors (Lipinski definition) is 5. The van der Waals surface area contributed by atoms with Crippen LogP contribution in [0, 0.1) is 24.7 Å². The van der Waals surface area contributed by atoms with Crippen molar-refractivity contribution in [2.45, 2.75) is 53.1 Å². The highest BCUT2D eigenvalue weighted by Crippen LogP contribution is 2.35. The molecule has 1 N–H and O–H groups in total. The van der Waals surface area contributed by atoms with Gasteiger partial charge in [-0.3, -0.25) is 0 Å². The molecule has 0 spiro atoms. The van der Waals surface area contributed by atoms with Gasteiger partial charge in [-0.1, -0.05) is 39.3 Å². The number of ether oxygens (including phenoxy) is 2. The lowest BCUT2D eigenvalue weighted by atomic mass is 9.75. The van der Waals surface area contributed by atoms with Gasteiger partial charge in [-0.05, 0) is 49.1 Å². The molecule has 5 nitrogen and oxygen atoms in total. The van der Waals surface area contributed by atoms with Gasteiger partial charge in [0.15, 0.2) is 6.61 Å². The maximum absolute atomic E-state index is 12.1. The van der Waals surface area contributed by atoms with Gasteiger partial charge in [0, 0.05) is 0 Å². The number of carbonyl (C=O) groups is 2. The molecule has 1 fully saturated rings. The van der Waals surface area contributed by atoms with Gasteiger partial charge >= 0.3 is 11.9 Å². The van der Waals surface area contributed by atoms with Crippen LogP contribution in [0.15, 0.2) is 18.2 Å². The Bertz CT molecular complexity index is 623. The average molecular weight is 348 g/mol. The summed E-state index contributed by atoms with van der Waals surface area (Å²) in [7, 11) is 0. The topological polar surface area (TPSA) is 72.8 Å². The van der Waals surface area contributed by atoms with Crippen LogP contribution in [0.25, 0.3) is 0 Å². The summed E-state index contributed by atoms with van der Waals surface area (Å²) < 4.78 is 10.6. The minimum Gasteiger partial charge on any atom is -0.507 e. The van der Waals surface area contributed by atoms with Gasteiger partial charge in [-0.15, -0.1) is 0 Å². The molecule has 3 atom stereocenters. The van der Waals surface area contributed by atoms with Crippen molar-refractivity contribution in [2.24, 2.45) is 17.8 Å². The Morgan fingerprint density at radius 1 is 1.28 bits per heavy atom. The smallest absolute Gasteiger partial charge is 0.344 e. The third kappa shape index (κ3) is 4.97. The molecule has 1 aliphatic rings. The molecule has 1 aliphatic carbocycles. The first kappa shape index (κ1) is 19.3. The van der Waals surface area contributed by atoms with Crippen LogP contribution in [0.2, 0.25) is 0 Å². The second-order valence-corrected chi connectivity index (χ2v) is 7.40. The maximum atomic E-state index is 12.1. The van der Waals surface area contributed by atoms with Crippen LogP contribution in [0.4, 0.5) is 0 Å². The highest BCUT2D eigenvalue weighted by atomic mass is 16.6. The van der Waals surface area contributed by atoms with E-state index in [-0.39, 0.29) is 17.4 Å². The fourth-order valence-electron chi connectivity index (χ4n) is 3.48. The van der Waals surface area contributed by atoms with E-state index in [4.69, 9.17) is 9.47 Å². The number of rotatable bonds is 5. The predicted octanol–water partition coefficient (Wildman–Crippen LogP) is 3.86. The van der Waals surface area contributed by atoms with Crippen LogP contribution in [-0.4, -0.2) is 29.8 Å². The lowest BCUT2D eigenvalue weighted by Gasteiger charge is -2.36. The molecule has 0 amide bonds. The minimum absolute atomic E-state index is 0.0548. The fourth-order valence-corrected chi connectivity index (χ4v) is 3.48. The number of aryl methyl sites for hydroxylation is 1. The van der Waals surface area contributed by atoms with Crippen molar-refractivity contribution in [2.75, 3.05) is 6.61 Å². The third-order valence-electron chi connectivity index (χ3n) is 5.02. The van der Waals surface area contributed by atoms with E-state index >= 15 is 0 Å². The molecule has 0 heterocycles. The zero-order valence-corrected chi connectivity index (χ0v) is 15.5. The van der Waals surface area contributed by atoms with E-state index in [2.05, 4.69) is 20.8 Å². The summed E-state index contributed by atoms with van der Waals surface area (Å²) in [6, 6.07) is 4.81. The largest absolute Gasteiger partial charge is 0.507 e. The molecule has 2 rings (SSSR count). The standard InChI is InChI=1S/C20H28O5/c1-12(2)15-9-8-13(3)10-17(15)25-18(21)11-24-20(23)16-7-5-6-14(4)19(16)22/h5-7,12-13,15,17,22H,8-11H2,1-4H3/t13-,15-,17-/m1/s1. The number of carbonyl (C=O) groups excluding carboxylic acids is 2. The lowest BCUT2D eigenvalue weighted by Crippen LogP contribution is -2.36. The van der Waals surface area contributed by atoms with Crippen LogP contribution in [0.3, 0.4) is 0 Å². The van der Waals surface area contributed by atoms with Crippen LogP contribution in [0.1, 0.15) is 56.0 Å².